The maximum atomic E-state index is 13.7. The van der Waals surface area contributed by atoms with Crippen LogP contribution in [-0.2, 0) is 6.18 Å². The van der Waals surface area contributed by atoms with Crippen LogP contribution < -0.4 is 10.6 Å². The third-order valence-electron chi connectivity index (χ3n) is 3.20. The van der Waals surface area contributed by atoms with Gasteiger partial charge in [0.1, 0.15) is 0 Å². The monoisotopic (exact) mass is 306 g/mol. The van der Waals surface area contributed by atoms with Crippen molar-refractivity contribution in [3.63, 3.8) is 0 Å². The molecule has 2 N–H and O–H groups in total. The van der Waals surface area contributed by atoms with Crippen LogP contribution >= 0.6 is 0 Å². The van der Waals surface area contributed by atoms with Crippen LogP contribution in [0.3, 0.4) is 0 Å². The fourth-order valence-electron chi connectivity index (χ4n) is 1.42. The molecule has 0 saturated heterocycles. The molecule has 0 heterocycles. The van der Waals surface area contributed by atoms with E-state index in [2.05, 4.69) is 10.6 Å². The van der Waals surface area contributed by atoms with Gasteiger partial charge in [0.25, 0.3) is 0 Å². The molecule has 0 saturated carbocycles. The highest BCUT2D eigenvalue weighted by molar-refractivity contribution is 5.89. The Morgan fingerprint density at radius 1 is 1.19 bits per heavy atom. The molecule has 3 nitrogen and oxygen atoms in total. The molecule has 0 fully saturated rings. The van der Waals surface area contributed by atoms with E-state index in [-0.39, 0.29) is 11.5 Å². The van der Waals surface area contributed by atoms with Gasteiger partial charge in [-0.15, -0.1) is 0 Å². The molecule has 0 bridgehead atoms. The first-order chi connectivity index (χ1) is 9.43. The topological polar surface area (TPSA) is 41.1 Å². The average molecular weight is 306 g/mol. The molecule has 0 aliphatic rings. The Morgan fingerprint density at radius 2 is 1.76 bits per heavy atom. The summed E-state index contributed by atoms with van der Waals surface area (Å²) in [5.41, 5.74) is -2.16. The fourth-order valence-corrected chi connectivity index (χ4v) is 1.42. The van der Waals surface area contributed by atoms with E-state index in [0.717, 1.165) is 12.1 Å². The predicted octanol–water partition coefficient (Wildman–Crippen LogP) is 4.40. The van der Waals surface area contributed by atoms with Crippen LogP contribution in [0.4, 0.5) is 28.0 Å². The lowest BCUT2D eigenvalue weighted by Gasteiger charge is -2.28. The molecule has 1 aromatic rings. The normalized spacial score (nSPS) is 13.7. The number of hydrogen-bond donors (Lipinski definition) is 2. The van der Waals surface area contributed by atoms with Crippen molar-refractivity contribution < 1.29 is 22.4 Å². The third kappa shape index (κ3) is 4.61. The van der Waals surface area contributed by atoms with Crippen LogP contribution in [0.5, 0.6) is 0 Å². The van der Waals surface area contributed by atoms with Crippen LogP contribution in [-0.4, -0.2) is 12.1 Å². The highest BCUT2D eigenvalue weighted by Crippen LogP contribution is 2.33. The maximum Gasteiger partial charge on any atom is 0.419 e. The Hall–Kier alpha value is -1.79. The minimum Gasteiger partial charge on any atom is -0.335 e. The number of urea groups is 1. The molecule has 0 spiro atoms. The van der Waals surface area contributed by atoms with E-state index in [4.69, 9.17) is 0 Å². The molecule has 0 radical (unpaired) electrons. The van der Waals surface area contributed by atoms with E-state index in [1.807, 2.05) is 20.8 Å². The third-order valence-corrected chi connectivity index (χ3v) is 3.20. The van der Waals surface area contributed by atoms with Gasteiger partial charge in [0.05, 0.1) is 11.3 Å². The van der Waals surface area contributed by atoms with Crippen molar-refractivity contribution in [2.75, 3.05) is 5.32 Å². The number of alkyl halides is 3. The second kappa shape index (κ2) is 5.91. The Bertz CT molecular complexity index is 521. The lowest BCUT2D eigenvalue weighted by atomic mass is 9.88. The van der Waals surface area contributed by atoms with E-state index >= 15 is 0 Å². The summed E-state index contributed by atoms with van der Waals surface area (Å²) in [7, 11) is 0. The van der Waals surface area contributed by atoms with Gasteiger partial charge in [-0.3, -0.25) is 0 Å². The molecule has 1 unspecified atom stereocenters. The summed E-state index contributed by atoms with van der Waals surface area (Å²) in [5.74, 6) is -1.50. The lowest BCUT2D eigenvalue weighted by molar-refractivity contribution is -0.139. The number of benzene rings is 1. The van der Waals surface area contributed by atoms with Gasteiger partial charge >= 0.3 is 12.2 Å². The Balaban J connectivity index is 2.87. The van der Waals surface area contributed by atoms with Crippen molar-refractivity contribution in [1.29, 1.82) is 0 Å². The number of nitrogens with one attached hydrogen (secondary N) is 2. The molecular weight excluding hydrogens is 288 g/mol. The van der Waals surface area contributed by atoms with Crippen molar-refractivity contribution >= 4 is 11.7 Å². The highest BCUT2D eigenvalue weighted by Gasteiger charge is 2.35. The zero-order valence-corrected chi connectivity index (χ0v) is 12.2. The summed E-state index contributed by atoms with van der Waals surface area (Å²) in [6, 6.07) is 1.73. The van der Waals surface area contributed by atoms with Crippen LogP contribution in [0.25, 0.3) is 0 Å². The van der Waals surface area contributed by atoms with E-state index in [1.54, 1.807) is 6.92 Å². The molecule has 0 aliphatic heterocycles. The van der Waals surface area contributed by atoms with Crippen molar-refractivity contribution in [3.05, 3.63) is 29.6 Å². The molecule has 0 aliphatic carbocycles. The van der Waals surface area contributed by atoms with Crippen LogP contribution in [0.15, 0.2) is 18.2 Å². The summed E-state index contributed by atoms with van der Waals surface area (Å²) in [6.07, 6.45) is -4.81. The van der Waals surface area contributed by atoms with Gasteiger partial charge in [-0.2, -0.15) is 13.2 Å². The van der Waals surface area contributed by atoms with Crippen molar-refractivity contribution in [2.45, 2.75) is 39.9 Å². The standard InChI is InChI=1S/C14H18F4N2O/c1-8(13(2,3)4)19-12(21)20-10-7-5-6-9(11(10)15)14(16,17)18/h5-8H,1-4H3,(H2,19,20,21). The minimum atomic E-state index is -4.81. The summed E-state index contributed by atoms with van der Waals surface area (Å²) in [4.78, 5) is 11.7. The largest absolute Gasteiger partial charge is 0.419 e. The minimum absolute atomic E-state index is 0.232. The van der Waals surface area contributed by atoms with Gasteiger partial charge in [0.2, 0.25) is 0 Å². The Kier molecular flexibility index (Phi) is 4.86. The van der Waals surface area contributed by atoms with Gasteiger partial charge in [-0.05, 0) is 24.5 Å². The van der Waals surface area contributed by atoms with Gasteiger partial charge in [0.15, 0.2) is 5.82 Å². The van der Waals surface area contributed by atoms with Crippen molar-refractivity contribution in [3.8, 4) is 0 Å². The molecule has 2 amide bonds. The molecule has 1 rings (SSSR count). The second-order valence-corrected chi connectivity index (χ2v) is 5.85. The van der Waals surface area contributed by atoms with Crippen LogP contribution in [0.2, 0.25) is 0 Å². The SMILES string of the molecule is CC(NC(=O)Nc1cccc(C(F)(F)F)c1F)C(C)(C)C. The lowest BCUT2D eigenvalue weighted by Crippen LogP contribution is -2.43. The van der Waals surface area contributed by atoms with Gasteiger partial charge < -0.3 is 10.6 Å². The molecule has 7 heteroatoms. The molecule has 0 aromatic heterocycles. The summed E-state index contributed by atoms with van der Waals surface area (Å²) >= 11 is 0. The predicted molar refractivity (Wildman–Crippen MR) is 72.5 cm³/mol. The Morgan fingerprint density at radius 3 is 2.24 bits per heavy atom. The van der Waals surface area contributed by atoms with E-state index in [9.17, 15) is 22.4 Å². The average Bonchev–Trinajstić information content (AvgIpc) is 2.28. The maximum absolute atomic E-state index is 13.7. The van der Waals surface area contributed by atoms with E-state index < -0.39 is 29.3 Å². The van der Waals surface area contributed by atoms with Crippen LogP contribution in [0.1, 0.15) is 33.3 Å². The summed E-state index contributed by atoms with van der Waals surface area (Å²) in [6.45, 7) is 7.43. The first-order valence-corrected chi connectivity index (χ1v) is 6.36. The number of carbonyl (C=O) groups is 1. The number of carbonyl (C=O) groups excluding carboxylic acids is 1. The number of halogens is 4. The second-order valence-electron chi connectivity index (χ2n) is 5.85. The molecule has 1 atom stereocenters. The zero-order valence-electron chi connectivity index (χ0n) is 12.2. The summed E-state index contributed by atoms with van der Waals surface area (Å²) in [5, 5.41) is 4.66. The highest BCUT2D eigenvalue weighted by atomic mass is 19.4. The number of hydrogen-bond acceptors (Lipinski definition) is 1. The van der Waals surface area contributed by atoms with Crippen LogP contribution in [0, 0.1) is 11.2 Å². The molecule has 118 valence electrons. The smallest absolute Gasteiger partial charge is 0.335 e. The van der Waals surface area contributed by atoms with Gasteiger partial charge in [-0.1, -0.05) is 26.8 Å². The Labute approximate surface area is 120 Å². The zero-order chi connectivity index (χ0) is 16.4. The molecule has 21 heavy (non-hydrogen) atoms. The van der Waals surface area contributed by atoms with Gasteiger partial charge in [-0.25, -0.2) is 9.18 Å². The van der Waals surface area contributed by atoms with E-state index in [1.165, 1.54) is 0 Å². The van der Waals surface area contributed by atoms with Crippen molar-refractivity contribution in [1.82, 2.24) is 5.32 Å². The quantitative estimate of drug-likeness (QED) is 0.781. The van der Waals surface area contributed by atoms with E-state index in [0.29, 0.717) is 6.07 Å². The van der Waals surface area contributed by atoms with Crippen molar-refractivity contribution in [2.24, 2.45) is 5.41 Å². The first-order valence-electron chi connectivity index (χ1n) is 6.36. The number of anilines is 1. The first kappa shape index (κ1) is 17.3. The van der Waals surface area contributed by atoms with Gasteiger partial charge in [0, 0.05) is 6.04 Å². The molecular formula is C14H18F4N2O. The summed E-state index contributed by atoms with van der Waals surface area (Å²) < 4.78 is 51.4. The molecule has 1 aromatic carbocycles. The number of amides is 2. The number of rotatable bonds is 2. The fraction of sp³-hybridized carbons (Fsp3) is 0.500.